The first-order valence-electron chi connectivity index (χ1n) is 9.46. The standard InChI is InChI=1S/C21H25NO8/c1-5-27-18(23)16(19(24)28-6-2)12-14-10-9-11-15(22-14)13-17(20(25)29-7-3)21(26)30-8-4/h9-13H,5-8H2,1-4H3. The van der Waals surface area contributed by atoms with Crippen molar-refractivity contribution < 1.29 is 38.1 Å². The number of aromatic nitrogens is 1. The predicted molar refractivity (Wildman–Crippen MR) is 107 cm³/mol. The molecule has 1 rings (SSSR count). The monoisotopic (exact) mass is 419 g/mol. The van der Waals surface area contributed by atoms with Gasteiger partial charge in [0.2, 0.25) is 0 Å². The van der Waals surface area contributed by atoms with E-state index in [9.17, 15) is 19.2 Å². The summed E-state index contributed by atoms with van der Waals surface area (Å²) in [4.78, 5) is 52.6. The van der Waals surface area contributed by atoms with E-state index in [4.69, 9.17) is 18.9 Å². The minimum absolute atomic E-state index is 0.0776. The van der Waals surface area contributed by atoms with E-state index in [0.717, 1.165) is 0 Å². The Kier molecular flexibility index (Phi) is 10.5. The van der Waals surface area contributed by atoms with Crippen molar-refractivity contribution in [3.8, 4) is 0 Å². The smallest absolute Gasteiger partial charge is 0.345 e. The number of nitrogens with zero attached hydrogens (tertiary/aromatic N) is 1. The van der Waals surface area contributed by atoms with Gasteiger partial charge >= 0.3 is 23.9 Å². The summed E-state index contributed by atoms with van der Waals surface area (Å²) in [5, 5.41) is 0. The summed E-state index contributed by atoms with van der Waals surface area (Å²) in [7, 11) is 0. The maximum Gasteiger partial charge on any atom is 0.345 e. The second-order valence-corrected chi connectivity index (χ2v) is 5.49. The summed E-state index contributed by atoms with van der Waals surface area (Å²) in [5.74, 6) is -3.40. The fourth-order valence-electron chi connectivity index (χ4n) is 2.16. The Bertz CT molecular complexity index is 736. The maximum absolute atomic E-state index is 12.1. The minimum atomic E-state index is -0.850. The molecule has 9 nitrogen and oxygen atoms in total. The van der Waals surface area contributed by atoms with Crippen LogP contribution in [0.15, 0.2) is 29.3 Å². The molecule has 0 amide bonds. The van der Waals surface area contributed by atoms with Crippen LogP contribution in [0.2, 0.25) is 0 Å². The summed E-state index contributed by atoms with van der Waals surface area (Å²) in [6.07, 6.45) is 2.42. The summed E-state index contributed by atoms with van der Waals surface area (Å²) in [5.41, 5.74) is -0.231. The van der Waals surface area contributed by atoms with E-state index in [0.29, 0.717) is 0 Å². The van der Waals surface area contributed by atoms with Gasteiger partial charge in [0.05, 0.1) is 37.8 Å². The van der Waals surface area contributed by atoms with Gasteiger partial charge in [-0.25, -0.2) is 24.2 Å². The Hall–Kier alpha value is -3.49. The van der Waals surface area contributed by atoms with Crippen LogP contribution >= 0.6 is 0 Å². The van der Waals surface area contributed by atoms with Crippen molar-refractivity contribution in [1.29, 1.82) is 0 Å². The van der Waals surface area contributed by atoms with Crippen molar-refractivity contribution in [2.45, 2.75) is 27.7 Å². The third-order valence-corrected chi connectivity index (χ3v) is 3.36. The van der Waals surface area contributed by atoms with Gasteiger partial charge in [0, 0.05) is 0 Å². The first-order valence-corrected chi connectivity index (χ1v) is 9.46. The quantitative estimate of drug-likeness (QED) is 0.185. The highest BCUT2D eigenvalue weighted by atomic mass is 16.6. The Morgan fingerprint density at radius 3 is 1.23 bits per heavy atom. The molecule has 0 aliphatic carbocycles. The molecule has 0 aliphatic rings. The molecule has 9 heteroatoms. The second kappa shape index (κ2) is 12.9. The second-order valence-electron chi connectivity index (χ2n) is 5.49. The molecular formula is C21H25NO8. The molecule has 162 valence electrons. The highest BCUT2D eigenvalue weighted by Gasteiger charge is 2.23. The number of hydrogen-bond donors (Lipinski definition) is 0. The van der Waals surface area contributed by atoms with Gasteiger partial charge in [-0.05, 0) is 52.0 Å². The molecule has 0 N–H and O–H groups in total. The number of hydrogen-bond acceptors (Lipinski definition) is 9. The van der Waals surface area contributed by atoms with E-state index in [1.165, 1.54) is 24.3 Å². The normalized spacial score (nSPS) is 9.73. The first-order chi connectivity index (χ1) is 14.4. The molecule has 0 atom stereocenters. The summed E-state index contributed by atoms with van der Waals surface area (Å²) < 4.78 is 19.5. The highest BCUT2D eigenvalue weighted by molar-refractivity contribution is 6.18. The van der Waals surface area contributed by atoms with Crippen LogP contribution in [0.25, 0.3) is 12.2 Å². The Morgan fingerprint density at radius 2 is 0.967 bits per heavy atom. The number of ether oxygens (including phenoxy) is 4. The fourth-order valence-corrected chi connectivity index (χ4v) is 2.16. The number of pyridine rings is 1. The van der Waals surface area contributed by atoms with Crippen LogP contribution in [0.4, 0.5) is 0 Å². The molecule has 1 aromatic rings. The van der Waals surface area contributed by atoms with Gasteiger partial charge < -0.3 is 18.9 Å². The van der Waals surface area contributed by atoms with E-state index in [-0.39, 0.29) is 49.0 Å². The van der Waals surface area contributed by atoms with Crippen LogP contribution < -0.4 is 0 Å². The van der Waals surface area contributed by atoms with Crippen molar-refractivity contribution in [2.75, 3.05) is 26.4 Å². The summed E-state index contributed by atoms with van der Waals surface area (Å²) >= 11 is 0. The lowest BCUT2D eigenvalue weighted by molar-refractivity contribution is -0.148. The topological polar surface area (TPSA) is 118 Å². The first kappa shape index (κ1) is 24.5. The molecule has 0 saturated heterocycles. The zero-order valence-corrected chi connectivity index (χ0v) is 17.4. The third kappa shape index (κ3) is 7.50. The number of carbonyl (C=O) groups excluding carboxylic acids is 4. The number of rotatable bonds is 10. The van der Waals surface area contributed by atoms with Gasteiger partial charge in [-0.3, -0.25) is 0 Å². The third-order valence-electron chi connectivity index (χ3n) is 3.36. The van der Waals surface area contributed by atoms with Crippen molar-refractivity contribution in [3.63, 3.8) is 0 Å². The Balaban J connectivity index is 3.36. The van der Waals surface area contributed by atoms with Crippen molar-refractivity contribution in [3.05, 3.63) is 40.7 Å². The SMILES string of the molecule is CCOC(=O)C(=Cc1cccc(C=C(C(=O)OCC)C(=O)OCC)n1)C(=O)OCC. The van der Waals surface area contributed by atoms with Gasteiger partial charge in [-0.1, -0.05) is 6.07 Å². The Morgan fingerprint density at radius 1 is 0.667 bits per heavy atom. The zero-order valence-electron chi connectivity index (χ0n) is 17.4. The van der Waals surface area contributed by atoms with Gasteiger partial charge in [0.25, 0.3) is 0 Å². The van der Waals surface area contributed by atoms with Gasteiger partial charge in [-0.2, -0.15) is 0 Å². The fraction of sp³-hybridized carbons (Fsp3) is 0.381. The highest BCUT2D eigenvalue weighted by Crippen LogP contribution is 2.13. The molecule has 0 spiro atoms. The van der Waals surface area contributed by atoms with E-state index < -0.39 is 23.9 Å². The molecular weight excluding hydrogens is 394 g/mol. The van der Waals surface area contributed by atoms with E-state index in [1.807, 2.05) is 0 Å². The molecule has 0 radical (unpaired) electrons. The van der Waals surface area contributed by atoms with Crippen LogP contribution in [0.1, 0.15) is 39.1 Å². The van der Waals surface area contributed by atoms with Crippen LogP contribution in [0, 0.1) is 0 Å². The molecule has 0 fully saturated rings. The van der Waals surface area contributed by atoms with Gasteiger partial charge in [-0.15, -0.1) is 0 Å². The lowest BCUT2D eigenvalue weighted by Crippen LogP contribution is -2.18. The molecule has 1 aromatic heterocycles. The van der Waals surface area contributed by atoms with E-state index in [2.05, 4.69) is 4.98 Å². The van der Waals surface area contributed by atoms with E-state index >= 15 is 0 Å². The largest absolute Gasteiger partial charge is 0.462 e. The molecule has 30 heavy (non-hydrogen) atoms. The summed E-state index contributed by atoms with van der Waals surface area (Å²) in [6.45, 7) is 6.74. The van der Waals surface area contributed by atoms with Crippen LogP contribution in [-0.2, 0) is 38.1 Å². The predicted octanol–water partition coefficient (Wildman–Crippen LogP) is 2.10. The van der Waals surface area contributed by atoms with Gasteiger partial charge in [0.15, 0.2) is 0 Å². The number of esters is 4. The molecule has 0 aliphatic heterocycles. The van der Waals surface area contributed by atoms with Crippen LogP contribution in [0.3, 0.4) is 0 Å². The van der Waals surface area contributed by atoms with Crippen molar-refractivity contribution >= 4 is 36.0 Å². The lowest BCUT2D eigenvalue weighted by Gasteiger charge is -2.08. The van der Waals surface area contributed by atoms with Crippen LogP contribution in [0.5, 0.6) is 0 Å². The molecule has 1 heterocycles. The van der Waals surface area contributed by atoms with Crippen molar-refractivity contribution in [2.24, 2.45) is 0 Å². The van der Waals surface area contributed by atoms with Gasteiger partial charge in [0.1, 0.15) is 11.1 Å². The average Bonchev–Trinajstić information content (AvgIpc) is 2.71. The molecule has 0 unspecified atom stereocenters. The van der Waals surface area contributed by atoms with Crippen LogP contribution in [-0.4, -0.2) is 55.3 Å². The van der Waals surface area contributed by atoms with Crippen molar-refractivity contribution in [1.82, 2.24) is 4.98 Å². The Labute approximate surface area is 174 Å². The van der Waals surface area contributed by atoms with E-state index in [1.54, 1.807) is 33.8 Å². The molecule has 0 saturated carbocycles. The summed E-state index contributed by atoms with van der Waals surface area (Å²) in [6, 6.07) is 4.64. The molecule has 0 aromatic carbocycles. The zero-order chi connectivity index (χ0) is 22.5. The maximum atomic E-state index is 12.1. The number of carbonyl (C=O) groups is 4. The lowest BCUT2D eigenvalue weighted by atomic mass is 10.1. The average molecular weight is 419 g/mol. The minimum Gasteiger partial charge on any atom is -0.462 e. The molecule has 0 bridgehead atoms.